The van der Waals surface area contributed by atoms with Crippen LogP contribution in [0.25, 0.3) is 5.69 Å². The molecule has 1 heterocycles. The van der Waals surface area contributed by atoms with Crippen molar-refractivity contribution >= 4 is 5.69 Å². The topological polar surface area (TPSA) is 83.1 Å². The summed E-state index contributed by atoms with van der Waals surface area (Å²) >= 11 is 0. The number of para-hydroxylation sites is 1. The predicted molar refractivity (Wildman–Crippen MR) is 83.8 cm³/mol. The smallest absolute Gasteiger partial charge is 0.420 e. The van der Waals surface area contributed by atoms with Gasteiger partial charge in [0.25, 0.3) is 5.69 Å². The molecule has 10 heteroatoms. The number of non-ortho nitro benzene ring substituents is 1. The monoisotopic (exact) mass is 364 g/mol. The van der Waals surface area contributed by atoms with Crippen LogP contribution in [0.5, 0.6) is 5.75 Å². The molecule has 0 fully saturated rings. The van der Waals surface area contributed by atoms with E-state index >= 15 is 0 Å². The van der Waals surface area contributed by atoms with Gasteiger partial charge < -0.3 is 4.74 Å². The van der Waals surface area contributed by atoms with E-state index in [0.29, 0.717) is 17.4 Å². The summed E-state index contributed by atoms with van der Waals surface area (Å²) in [5, 5.41) is 18.8. The van der Waals surface area contributed by atoms with E-state index in [2.05, 4.69) is 10.2 Å². The standard InChI is InChI=1S/C16H11F3N4O3/c17-16(18,19)14-8-13(23(24)25)6-7-15(14)26-10-11-9-20-22(21-11)12-4-2-1-3-5-12/h1-9H,10H2. The highest BCUT2D eigenvalue weighted by molar-refractivity contribution is 5.45. The number of rotatable bonds is 5. The summed E-state index contributed by atoms with van der Waals surface area (Å²) in [5.74, 6) is -0.516. The molecule has 0 aliphatic carbocycles. The van der Waals surface area contributed by atoms with Crippen LogP contribution in [0.3, 0.4) is 0 Å². The van der Waals surface area contributed by atoms with Crippen molar-refractivity contribution in [3.05, 3.63) is 76.1 Å². The second-order valence-electron chi connectivity index (χ2n) is 5.18. The summed E-state index contributed by atoms with van der Waals surface area (Å²) in [6.07, 6.45) is -3.42. The molecule has 0 radical (unpaired) electrons. The second kappa shape index (κ2) is 6.82. The van der Waals surface area contributed by atoms with Gasteiger partial charge in [-0.05, 0) is 18.2 Å². The van der Waals surface area contributed by atoms with E-state index in [4.69, 9.17) is 4.74 Å². The number of alkyl halides is 3. The molecule has 0 bridgehead atoms. The SMILES string of the molecule is O=[N+]([O-])c1ccc(OCc2cnn(-c3ccccc3)n2)c(C(F)(F)F)c1. The molecule has 0 saturated carbocycles. The van der Waals surface area contributed by atoms with Crippen molar-refractivity contribution in [1.82, 2.24) is 15.0 Å². The molecule has 0 spiro atoms. The Balaban J connectivity index is 1.80. The van der Waals surface area contributed by atoms with E-state index < -0.39 is 28.1 Å². The molecule has 0 amide bonds. The van der Waals surface area contributed by atoms with Gasteiger partial charge in [-0.15, -0.1) is 5.10 Å². The largest absolute Gasteiger partial charge is 0.487 e. The number of halogens is 3. The lowest BCUT2D eigenvalue weighted by molar-refractivity contribution is -0.385. The minimum Gasteiger partial charge on any atom is -0.487 e. The van der Waals surface area contributed by atoms with Gasteiger partial charge in [-0.3, -0.25) is 10.1 Å². The Kier molecular flexibility index (Phi) is 4.57. The summed E-state index contributed by atoms with van der Waals surface area (Å²) in [6.45, 7) is -0.270. The van der Waals surface area contributed by atoms with E-state index in [9.17, 15) is 23.3 Å². The molecule has 0 aliphatic rings. The van der Waals surface area contributed by atoms with Crippen molar-refractivity contribution in [3.63, 3.8) is 0 Å². The van der Waals surface area contributed by atoms with Gasteiger partial charge in [0.1, 0.15) is 23.6 Å². The number of hydrogen-bond donors (Lipinski definition) is 0. The first-order valence-electron chi connectivity index (χ1n) is 7.29. The number of nitro groups is 1. The maximum absolute atomic E-state index is 13.1. The fourth-order valence-electron chi connectivity index (χ4n) is 2.18. The predicted octanol–water partition coefficient (Wildman–Crippen LogP) is 3.77. The summed E-state index contributed by atoms with van der Waals surface area (Å²) < 4.78 is 44.5. The molecule has 0 aliphatic heterocycles. The molecule has 1 aromatic heterocycles. The summed E-state index contributed by atoms with van der Waals surface area (Å²) in [7, 11) is 0. The molecule has 3 rings (SSSR count). The van der Waals surface area contributed by atoms with Crippen molar-refractivity contribution in [2.45, 2.75) is 12.8 Å². The van der Waals surface area contributed by atoms with Crippen LogP contribution in [0, 0.1) is 10.1 Å². The van der Waals surface area contributed by atoms with Crippen LogP contribution < -0.4 is 4.74 Å². The first-order chi connectivity index (χ1) is 12.3. The molecular weight excluding hydrogens is 353 g/mol. The lowest BCUT2D eigenvalue weighted by Gasteiger charge is -2.12. The highest BCUT2D eigenvalue weighted by atomic mass is 19.4. The zero-order valence-corrected chi connectivity index (χ0v) is 13.1. The molecule has 0 atom stereocenters. The number of nitro benzene ring substituents is 1. The first kappa shape index (κ1) is 17.4. The Bertz CT molecular complexity index is 926. The summed E-state index contributed by atoms with van der Waals surface area (Å²) in [5.41, 5.74) is -0.896. The van der Waals surface area contributed by atoms with Crippen molar-refractivity contribution in [2.75, 3.05) is 0 Å². The lowest BCUT2D eigenvalue weighted by Crippen LogP contribution is -2.10. The van der Waals surface area contributed by atoms with Gasteiger partial charge in [0, 0.05) is 12.1 Å². The van der Waals surface area contributed by atoms with E-state index in [1.165, 1.54) is 11.0 Å². The Labute approximate surface area is 144 Å². The number of hydrogen-bond acceptors (Lipinski definition) is 5. The fourth-order valence-corrected chi connectivity index (χ4v) is 2.18. The van der Waals surface area contributed by atoms with Crippen LogP contribution in [-0.4, -0.2) is 19.9 Å². The highest BCUT2D eigenvalue weighted by Crippen LogP contribution is 2.38. The lowest BCUT2D eigenvalue weighted by atomic mass is 10.1. The fraction of sp³-hybridized carbons (Fsp3) is 0.125. The number of benzene rings is 2. The molecule has 0 unspecified atom stereocenters. The van der Waals surface area contributed by atoms with E-state index in [-0.39, 0.29) is 6.61 Å². The minimum absolute atomic E-state index is 0.270. The third kappa shape index (κ3) is 3.79. The third-order valence-corrected chi connectivity index (χ3v) is 3.38. The van der Waals surface area contributed by atoms with Gasteiger partial charge in [-0.2, -0.15) is 23.1 Å². The molecule has 7 nitrogen and oxygen atoms in total. The van der Waals surface area contributed by atoms with Gasteiger partial charge in [-0.25, -0.2) is 0 Å². The molecule has 0 saturated heterocycles. The Hall–Kier alpha value is -3.43. The number of nitrogens with zero attached hydrogens (tertiary/aromatic N) is 4. The van der Waals surface area contributed by atoms with Gasteiger partial charge in [0.2, 0.25) is 0 Å². The van der Waals surface area contributed by atoms with Crippen molar-refractivity contribution < 1.29 is 22.8 Å². The summed E-state index contributed by atoms with van der Waals surface area (Å²) in [4.78, 5) is 11.1. The zero-order chi connectivity index (χ0) is 18.7. The van der Waals surface area contributed by atoms with Crippen molar-refractivity contribution in [2.24, 2.45) is 0 Å². The second-order valence-corrected chi connectivity index (χ2v) is 5.18. The zero-order valence-electron chi connectivity index (χ0n) is 13.1. The van der Waals surface area contributed by atoms with Crippen molar-refractivity contribution in [1.29, 1.82) is 0 Å². The average molecular weight is 364 g/mol. The molecule has 3 aromatic rings. The molecule has 2 aromatic carbocycles. The molecule has 0 N–H and O–H groups in total. The van der Waals surface area contributed by atoms with Crippen LogP contribution in [0.2, 0.25) is 0 Å². The molecular formula is C16H11F3N4O3. The van der Waals surface area contributed by atoms with Crippen molar-refractivity contribution in [3.8, 4) is 11.4 Å². The quantitative estimate of drug-likeness (QED) is 0.508. The van der Waals surface area contributed by atoms with Gasteiger partial charge >= 0.3 is 6.18 Å². The van der Waals surface area contributed by atoms with Gasteiger partial charge in [0.15, 0.2) is 0 Å². The van der Waals surface area contributed by atoms with Gasteiger partial charge in [-0.1, -0.05) is 18.2 Å². The van der Waals surface area contributed by atoms with Crippen LogP contribution in [0.15, 0.2) is 54.7 Å². The minimum atomic E-state index is -4.79. The van der Waals surface area contributed by atoms with E-state index in [1.54, 1.807) is 24.3 Å². The number of ether oxygens (including phenoxy) is 1. The highest BCUT2D eigenvalue weighted by Gasteiger charge is 2.36. The first-order valence-corrected chi connectivity index (χ1v) is 7.29. The number of aromatic nitrogens is 3. The molecule has 134 valence electrons. The Morgan fingerprint density at radius 2 is 1.88 bits per heavy atom. The maximum Gasteiger partial charge on any atom is 0.420 e. The third-order valence-electron chi connectivity index (χ3n) is 3.38. The van der Waals surface area contributed by atoms with E-state index in [1.807, 2.05) is 6.07 Å². The van der Waals surface area contributed by atoms with Crippen LogP contribution in [0.4, 0.5) is 18.9 Å². The average Bonchev–Trinajstić information content (AvgIpc) is 3.08. The Morgan fingerprint density at radius 3 is 2.54 bits per heavy atom. The Morgan fingerprint density at radius 1 is 1.15 bits per heavy atom. The van der Waals surface area contributed by atoms with Gasteiger partial charge in [0.05, 0.1) is 16.8 Å². The molecule has 26 heavy (non-hydrogen) atoms. The van der Waals surface area contributed by atoms with Crippen LogP contribution in [0.1, 0.15) is 11.3 Å². The van der Waals surface area contributed by atoms with Crippen LogP contribution >= 0.6 is 0 Å². The van der Waals surface area contributed by atoms with Crippen LogP contribution in [-0.2, 0) is 12.8 Å². The van der Waals surface area contributed by atoms with E-state index in [0.717, 1.165) is 12.1 Å². The summed E-state index contributed by atoms with van der Waals surface area (Å²) in [6, 6.07) is 11.3. The maximum atomic E-state index is 13.1. The normalized spacial score (nSPS) is 11.3.